The summed E-state index contributed by atoms with van der Waals surface area (Å²) in [6.07, 6.45) is 0. The summed E-state index contributed by atoms with van der Waals surface area (Å²) in [6, 6.07) is 20.9. The Labute approximate surface area is 228 Å². The van der Waals surface area contributed by atoms with Crippen molar-refractivity contribution in [3.8, 4) is 23.0 Å². The first kappa shape index (κ1) is 26.3. The van der Waals surface area contributed by atoms with Gasteiger partial charge in [0.15, 0.2) is 11.5 Å². The number of rotatable bonds is 9. The number of benzene rings is 3. The Morgan fingerprint density at radius 2 is 1.64 bits per heavy atom. The highest BCUT2D eigenvalue weighted by Crippen LogP contribution is 2.42. The van der Waals surface area contributed by atoms with Gasteiger partial charge < -0.3 is 29.1 Å². The average Bonchev–Trinajstić information content (AvgIpc) is 3.23. The van der Waals surface area contributed by atoms with E-state index in [1.165, 1.54) is 0 Å². The molecular weight excluding hydrogens is 496 g/mol. The zero-order chi connectivity index (χ0) is 27.4. The second kappa shape index (κ2) is 11.6. The highest BCUT2D eigenvalue weighted by Gasteiger charge is 2.46. The zero-order valence-corrected chi connectivity index (χ0v) is 22.1. The Bertz CT molecular complexity index is 1380. The van der Waals surface area contributed by atoms with Crippen LogP contribution in [-0.2, 0) is 9.59 Å². The summed E-state index contributed by atoms with van der Waals surface area (Å²) in [5, 5.41) is 11.5. The van der Waals surface area contributed by atoms with E-state index in [2.05, 4.69) is 18.7 Å². The highest BCUT2D eigenvalue weighted by atomic mass is 16.6. The molecule has 1 saturated heterocycles. The van der Waals surface area contributed by atoms with Crippen molar-refractivity contribution in [3.63, 3.8) is 0 Å². The lowest BCUT2D eigenvalue weighted by Gasteiger charge is -2.28. The van der Waals surface area contributed by atoms with Crippen molar-refractivity contribution >= 4 is 17.4 Å². The maximum absolute atomic E-state index is 13.5. The summed E-state index contributed by atoms with van der Waals surface area (Å²) in [7, 11) is 0. The monoisotopic (exact) mass is 528 g/mol. The van der Waals surface area contributed by atoms with Crippen LogP contribution in [-0.4, -0.2) is 66.0 Å². The van der Waals surface area contributed by atoms with Crippen molar-refractivity contribution < 1.29 is 28.9 Å². The number of hydrogen-bond donors (Lipinski definition) is 1. The van der Waals surface area contributed by atoms with Crippen LogP contribution in [0.4, 0.5) is 0 Å². The van der Waals surface area contributed by atoms with E-state index in [1.807, 2.05) is 54.6 Å². The normalized spacial score (nSPS) is 18.0. The van der Waals surface area contributed by atoms with Crippen molar-refractivity contribution in [1.82, 2.24) is 9.80 Å². The quantitative estimate of drug-likeness (QED) is 0.237. The number of likely N-dealkylation sites (tertiary alicyclic amines) is 1. The van der Waals surface area contributed by atoms with Gasteiger partial charge in [0.25, 0.3) is 11.7 Å². The third-order valence-corrected chi connectivity index (χ3v) is 7.06. The minimum absolute atomic E-state index is 0.0353. The molecule has 0 spiro atoms. The second-order valence-electron chi connectivity index (χ2n) is 9.37. The maximum atomic E-state index is 13.5. The van der Waals surface area contributed by atoms with Crippen LogP contribution in [0.1, 0.15) is 31.0 Å². The zero-order valence-electron chi connectivity index (χ0n) is 22.1. The molecule has 2 heterocycles. The van der Waals surface area contributed by atoms with Crippen LogP contribution in [0.25, 0.3) is 5.76 Å². The molecule has 8 nitrogen and oxygen atoms in total. The molecule has 2 aliphatic heterocycles. The molecular formula is C31H32N2O6. The number of fused-ring (bicyclic) bond motifs is 1. The van der Waals surface area contributed by atoms with Crippen LogP contribution < -0.4 is 14.2 Å². The van der Waals surface area contributed by atoms with E-state index >= 15 is 0 Å². The van der Waals surface area contributed by atoms with Crippen LogP contribution in [0.3, 0.4) is 0 Å². The molecule has 3 aromatic rings. The molecule has 2 aliphatic rings. The van der Waals surface area contributed by atoms with Gasteiger partial charge in [-0.15, -0.1) is 0 Å². The molecule has 0 bridgehead atoms. The van der Waals surface area contributed by atoms with Crippen LogP contribution in [0.5, 0.6) is 23.0 Å². The van der Waals surface area contributed by atoms with Crippen LogP contribution in [0.2, 0.25) is 0 Å². The molecule has 1 fully saturated rings. The molecule has 0 saturated carbocycles. The fourth-order valence-corrected chi connectivity index (χ4v) is 4.97. The number of hydrogen-bond acceptors (Lipinski definition) is 7. The van der Waals surface area contributed by atoms with Gasteiger partial charge in [0.1, 0.15) is 30.5 Å². The standard InChI is InChI=1S/C31H32N2O6/c1-3-32(4-2)15-16-33-28(21-9-8-12-24(19-21)39-23-10-6-5-7-11-23)27(30(35)31(33)36)29(34)22-13-14-25-26(20-22)38-18-17-37-25/h5-14,19-20,28,34H,3-4,15-18H2,1-2H3/b29-27+. The first-order valence-electron chi connectivity index (χ1n) is 13.2. The molecule has 202 valence electrons. The van der Waals surface area contributed by atoms with Crippen molar-refractivity contribution in [2.75, 3.05) is 39.4 Å². The number of ether oxygens (including phenoxy) is 3. The second-order valence-corrected chi connectivity index (χ2v) is 9.37. The molecule has 39 heavy (non-hydrogen) atoms. The number of nitrogens with zero attached hydrogens (tertiary/aromatic N) is 2. The van der Waals surface area contributed by atoms with E-state index in [0.717, 1.165) is 13.1 Å². The van der Waals surface area contributed by atoms with Crippen molar-refractivity contribution in [2.45, 2.75) is 19.9 Å². The van der Waals surface area contributed by atoms with Crippen molar-refractivity contribution in [3.05, 3.63) is 89.5 Å². The number of amides is 1. The first-order chi connectivity index (χ1) is 19.0. The smallest absolute Gasteiger partial charge is 0.295 e. The van der Waals surface area contributed by atoms with E-state index in [0.29, 0.717) is 60.4 Å². The fraction of sp³-hybridized carbons (Fsp3) is 0.290. The third kappa shape index (κ3) is 5.47. The molecule has 3 aromatic carbocycles. The first-order valence-corrected chi connectivity index (χ1v) is 13.2. The van der Waals surface area contributed by atoms with Gasteiger partial charge in [-0.25, -0.2) is 0 Å². The minimum atomic E-state index is -0.784. The van der Waals surface area contributed by atoms with Gasteiger partial charge in [0, 0.05) is 18.7 Å². The van der Waals surface area contributed by atoms with Gasteiger partial charge in [-0.1, -0.05) is 44.2 Å². The van der Waals surface area contributed by atoms with Crippen LogP contribution in [0.15, 0.2) is 78.4 Å². The lowest BCUT2D eigenvalue weighted by molar-refractivity contribution is -0.140. The summed E-state index contributed by atoms with van der Waals surface area (Å²) >= 11 is 0. The van der Waals surface area contributed by atoms with Gasteiger partial charge in [0.2, 0.25) is 0 Å². The molecule has 0 aromatic heterocycles. The number of ketones is 1. The van der Waals surface area contributed by atoms with Gasteiger partial charge in [-0.2, -0.15) is 0 Å². The maximum Gasteiger partial charge on any atom is 0.295 e. The number of carbonyl (C=O) groups excluding carboxylic acids is 2. The minimum Gasteiger partial charge on any atom is -0.507 e. The Morgan fingerprint density at radius 1 is 0.923 bits per heavy atom. The predicted molar refractivity (Wildman–Crippen MR) is 147 cm³/mol. The molecule has 1 amide bonds. The Balaban J connectivity index is 1.57. The Morgan fingerprint density at radius 3 is 2.38 bits per heavy atom. The summed E-state index contributed by atoms with van der Waals surface area (Å²) in [5.41, 5.74) is 1.08. The fourth-order valence-electron chi connectivity index (χ4n) is 4.97. The van der Waals surface area contributed by atoms with E-state index in [1.54, 1.807) is 23.1 Å². The van der Waals surface area contributed by atoms with Crippen molar-refractivity contribution in [2.24, 2.45) is 0 Å². The summed E-state index contributed by atoms with van der Waals surface area (Å²) in [5.74, 6) is 0.668. The van der Waals surface area contributed by atoms with E-state index in [4.69, 9.17) is 14.2 Å². The van der Waals surface area contributed by atoms with Crippen LogP contribution in [0, 0.1) is 0 Å². The van der Waals surface area contributed by atoms with E-state index < -0.39 is 17.7 Å². The molecule has 1 unspecified atom stereocenters. The van der Waals surface area contributed by atoms with Gasteiger partial charge >= 0.3 is 0 Å². The molecule has 0 aliphatic carbocycles. The predicted octanol–water partition coefficient (Wildman–Crippen LogP) is 5.01. The number of aliphatic hydroxyl groups excluding tert-OH is 1. The van der Waals surface area contributed by atoms with E-state index in [-0.39, 0.29) is 11.3 Å². The largest absolute Gasteiger partial charge is 0.507 e. The molecule has 5 rings (SSSR count). The number of para-hydroxylation sites is 1. The summed E-state index contributed by atoms with van der Waals surface area (Å²) < 4.78 is 17.3. The van der Waals surface area contributed by atoms with Crippen molar-refractivity contribution in [1.29, 1.82) is 0 Å². The lowest BCUT2D eigenvalue weighted by Crippen LogP contribution is -2.38. The molecule has 0 radical (unpaired) electrons. The third-order valence-electron chi connectivity index (χ3n) is 7.06. The lowest BCUT2D eigenvalue weighted by atomic mass is 9.95. The van der Waals surface area contributed by atoms with Gasteiger partial charge in [0.05, 0.1) is 11.6 Å². The van der Waals surface area contributed by atoms with Gasteiger partial charge in [-0.3, -0.25) is 9.59 Å². The SMILES string of the molecule is CCN(CC)CCN1C(=O)C(=O)/C(=C(/O)c2ccc3c(c2)OCCO3)C1c1cccc(Oc2ccccc2)c1. The molecule has 1 atom stereocenters. The number of aliphatic hydroxyl groups is 1. The summed E-state index contributed by atoms with van der Waals surface area (Å²) in [6.45, 7) is 7.52. The molecule has 8 heteroatoms. The van der Waals surface area contributed by atoms with E-state index in [9.17, 15) is 14.7 Å². The summed E-state index contributed by atoms with van der Waals surface area (Å²) in [4.78, 5) is 30.6. The Kier molecular flexibility index (Phi) is 7.84. The average molecular weight is 529 g/mol. The van der Waals surface area contributed by atoms with Crippen LogP contribution >= 0.6 is 0 Å². The topological polar surface area (TPSA) is 88.5 Å². The van der Waals surface area contributed by atoms with Gasteiger partial charge in [-0.05, 0) is 61.1 Å². The number of Topliss-reactive ketones (excluding diaryl/α,β-unsaturated/α-hetero) is 1. The Hall–Kier alpha value is -4.30. The molecule has 1 N–H and O–H groups in total. The highest BCUT2D eigenvalue weighted by molar-refractivity contribution is 6.46. The number of carbonyl (C=O) groups is 2. The number of likely N-dealkylation sites (N-methyl/N-ethyl adjacent to an activating group) is 1.